The lowest BCUT2D eigenvalue weighted by Gasteiger charge is -2.41. The summed E-state index contributed by atoms with van der Waals surface area (Å²) in [6, 6.07) is 2.93. The maximum atomic E-state index is 13.9. The minimum atomic E-state index is -1.58. The molecule has 0 aliphatic carbocycles. The normalized spacial score (nSPS) is 34.2. The van der Waals surface area contributed by atoms with Gasteiger partial charge in [-0.1, -0.05) is 55.3 Å². The summed E-state index contributed by atoms with van der Waals surface area (Å²) in [5.74, 6) is -2.28. The molecule has 4 rings (SSSR count). The number of hydrogen-bond acceptors (Lipinski definition) is 8. The molecule has 2 N–H and O–H groups in total. The number of alkyl carbamates (subject to hydrolysis) is 1. The van der Waals surface area contributed by atoms with Crippen molar-refractivity contribution in [1.82, 2.24) is 10.2 Å². The van der Waals surface area contributed by atoms with E-state index in [0.29, 0.717) is 17.1 Å². The lowest BCUT2D eigenvalue weighted by Crippen LogP contribution is -2.60. The molecule has 3 amide bonds. The molecule has 12 heteroatoms. The quantitative estimate of drug-likeness (QED) is 0.359. The zero-order valence-corrected chi connectivity index (χ0v) is 28.8. The molecule has 2 fully saturated rings. The minimum absolute atomic E-state index is 0.0836. The number of esters is 1. The van der Waals surface area contributed by atoms with E-state index in [2.05, 4.69) is 5.32 Å². The average Bonchev–Trinajstić information content (AvgIpc) is 3.68. The number of likely N-dealkylation sites (N-methyl/N-ethyl adjacent to an activating group) is 1. The first-order valence-corrected chi connectivity index (χ1v) is 16.0. The Morgan fingerprint density at radius 1 is 1.24 bits per heavy atom. The molecule has 1 aromatic rings. The molecular formula is C34H46ClN3O8. The second-order valence-electron chi connectivity index (χ2n) is 13.3. The highest BCUT2D eigenvalue weighted by atomic mass is 35.5. The van der Waals surface area contributed by atoms with Gasteiger partial charge in [-0.05, 0) is 51.3 Å². The first-order chi connectivity index (χ1) is 21.4. The number of aryl methyl sites for hydroxylation is 1. The third-order valence-electron chi connectivity index (χ3n) is 9.77. The minimum Gasteiger partial charge on any atom is -0.457 e. The number of fused-ring (bicyclic) bond motifs is 5. The van der Waals surface area contributed by atoms with Crippen LogP contribution < -0.4 is 10.2 Å². The molecule has 2 saturated heterocycles. The van der Waals surface area contributed by atoms with Crippen LogP contribution in [0.5, 0.6) is 0 Å². The van der Waals surface area contributed by atoms with Gasteiger partial charge in [-0.3, -0.25) is 14.9 Å². The van der Waals surface area contributed by atoms with Gasteiger partial charge in [0.2, 0.25) is 11.8 Å². The second-order valence-corrected chi connectivity index (χ2v) is 13.7. The number of nitrogens with one attached hydrogen (secondary N) is 1. The number of carbonyl (C=O) groups excluding carboxylic acids is 4. The van der Waals surface area contributed by atoms with Crippen molar-refractivity contribution in [3.63, 3.8) is 0 Å². The first kappa shape index (κ1) is 35.4. The molecule has 3 aliphatic heterocycles. The number of hydrogen-bond donors (Lipinski definition) is 2. The summed E-state index contributed by atoms with van der Waals surface area (Å²) >= 11 is 6.72. The van der Waals surface area contributed by atoms with Crippen molar-refractivity contribution < 1.29 is 38.5 Å². The van der Waals surface area contributed by atoms with E-state index in [-0.39, 0.29) is 24.7 Å². The SMILES string of the molecule is CC(=O)N(C)C(C)C(=O)OC1CC(=O)N(C)c2cc(cc(C)c2Cl)C/C(C)=C/C=C/C(C)C2(O)CC(OC(=O)N2)C(C)C2OC12C. The molecule has 4 bridgehead atoms. The number of amides is 3. The highest BCUT2D eigenvalue weighted by Gasteiger charge is 2.64. The Balaban J connectivity index is 1.76. The second kappa shape index (κ2) is 13.4. The number of ether oxygens (including phenoxy) is 3. The number of carbonyl (C=O) groups is 4. The van der Waals surface area contributed by atoms with Crippen LogP contribution in [0.1, 0.15) is 65.5 Å². The van der Waals surface area contributed by atoms with Gasteiger partial charge in [-0.2, -0.15) is 0 Å². The summed E-state index contributed by atoms with van der Waals surface area (Å²) in [4.78, 5) is 54.6. The third kappa shape index (κ3) is 7.26. The fourth-order valence-corrected chi connectivity index (χ4v) is 6.45. The summed E-state index contributed by atoms with van der Waals surface area (Å²) in [6.07, 6.45) is 2.93. The standard InChI is InChI=1S/C34H46ClN3O8/c1-18-11-10-12-20(3)34(43)17-26(44-32(42)36-34)21(4)30-33(7,46-30)27(45-31(41)22(5)37(8)23(6)39)16-28(40)38(9)25-15-24(13-18)14-19(2)29(25)35/h10-12,14-15,20-22,26-27,30,43H,13,16-17H2,1-9H3,(H,36,42)/b12-10+,18-11+. The van der Waals surface area contributed by atoms with Gasteiger partial charge in [0.1, 0.15) is 29.6 Å². The Kier molecular flexibility index (Phi) is 10.3. The van der Waals surface area contributed by atoms with Crippen LogP contribution in [-0.2, 0) is 35.0 Å². The molecule has 0 spiro atoms. The summed E-state index contributed by atoms with van der Waals surface area (Å²) in [7, 11) is 3.12. The zero-order chi connectivity index (χ0) is 34.3. The Hall–Kier alpha value is -3.41. The summed E-state index contributed by atoms with van der Waals surface area (Å²) in [5, 5.41) is 14.6. The van der Waals surface area contributed by atoms with Crippen molar-refractivity contribution in [2.24, 2.45) is 11.8 Å². The summed E-state index contributed by atoms with van der Waals surface area (Å²) in [6.45, 7) is 12.1. The maximum absolute atomic E-state index is 13.9. The molecule has 8 unspecified atom stereocenters. The van der Waals surface area contributed by atoms with Gasteiger partial charge >= 0.3 is 12.1 Å². The molecule has 0 saturated carbocycles. The van der Waals surface area contributed by atoms with Gasteiger partial charge in [0.15, 0.2) is 0 Å². The lowest BCUT2D eigenvalue weighted by atomic mass is 9.82. The van der Waals surface area contributed by atoms with E-state index in [1.807, 2.05) is 58.1 Å². The molecule has 11 nitrogen and oxygen atoms in total. The van der Waals surface area contributed by atoms with E-state index in [9.17, 15) is 24.3 Å². The smallest absolute Gasteiger partial charge is 0.409 e. The van der Waals surface area contributed by atoms with E-state index in [1.165, 1.54) is 23.8 Å². The van der Waals surface area contributed by atoms with Crippen LogP contribution in [0.25, 0.3) is 0 Å². The van der Waals surface area contributed by atoms with Gasteiger partial charge in [-0.15, -0.1) is 0 Å². The average molecular weight is 660 g/mol. The molecule has 0 radical (unpaired) electrons. The number of allylic oxidation sites excluding steroid dienone is 3. The van der Waals surface area contributed by atoms with E-state index in [4.69, 9.17) is 25.8 Å². The van der Waals surface area contributed by atoms with Gasteiger partial charge in [-0.25, -0.2) is 9.59 Å². The van der Waals surface area contributed by atoms with Crippen molar-refractivity contribution >= 4 is 41.2 Å². The van der Waals surface area contributed by atoms with Crippen LogP contribution in [0.4, 0.5) is 10.5 Å². The number of anilines is 1. The highest BCUT2D eigenvalue weighted by molar-refractivity contribution is 6.34. The van der Waals surface area contributed by atoms with E-state index < -0.39 is 59.6 Å². The Labute approximate surface area is 275 Å². The Morgan fingerprint density at radius 3 is 2.57 bits per heavy atom. The first-order valence-electron chi connectivity index (χ1n) is 15.6. The third-order valence-corrected chi connectivity index (χ3v) is 10.3. The molecular weight excluding hydrogens is 614 g/mol. The molecule has 0 aromatic heterocycles. The Bertz CT molecular complexity index is 1460. The van der Waals surface area contributed by atoms with Gasteiger partial charge in [0.05, 0.1) is 23.2 Å². The van der Waals surface area contributed by atoms with Gasteiger partial charge < -0.3 is 29.1 Å². The topological polar surface area (TPSA) is 138 Å². The van der Waals surface area contributed by atoms with Crippen molar-refractivity contribution in [2.45, 2.75) is 103 Å². The number of halogens is 1. The van der Waals surface area contributed by atoms with E-state index in [0.717, 1.165) is 16.7 Å². The summed E-state index contributed by atoms with van der Waals surface area (Å²) in [5.41, 5.74) is 0.578. The van der Waals surface area contributed by atoms with Crippen LogP contribution in [0, 0.1) is 18.8 Å². The molecule has 8 atom stereocenters. The molecule has 46 heavy (non-hydrogen) atoms. The van der Waals surface area contributed by atoms with Crippen molar-refractivity contribution in [3.8, 4) is 0 Å². The molecule has 252 valence electrons. The number of rotatable bonds is 3. The monoisotopic (exact) mass is 659 g/mol. The zero-order valence-electron chi connectivity index (χ0n) is 28.0. The van der Waals surface area contributed by atoms with Crippen LogP contribution in [0.3, 0.4) is 0 Å². The Morgan fingerprint density at radius 2 is 1.91 bits per heavy atom. The van der Waals surface area contributed by atoms with Gasteiger partial charge in [0.25, 0.3) is 0 Å². The number of aliphatic hydroxyl groups is 1. The highest BCUT2D eigenvalue weighted by Crippen LogP contribution is 2.49. The largest absolute Gasteiger partial charge is 0.457 e. The van der Waals surface area contributed by atoms with Crippen molar-refractivity contribution in [1.29, 1.82) is 0 Å². The van der Waals surface area contributed by atoms with Gasteiger partial charge in [0, 0.05) is 39.3 Å². The van der Waals surface area contributed by atoms with Crippen LogP contribution in [0.15, 0.2) is 35.9 Å². The summed E-state index contributed by atoms with van der Waals surface area (Å²) < 4.78 is 17.8. The predicted molar refractivity (Wildman–Crippen MR) is 173 cm³/mol. The fourth-order valence-electron chi connectivity index (χ4n) is 6.22. The number of epoxide rings is 1. The number of nitrogens with zero attached hydrogens (tertiary/aromatic N) is 2. The molecule has 3 aliphatic rings. The van der Waals surface area contributed by atoms with Crippen LogP contribution in [-0.4, -0.2) is 83.7 Å². The number of benzene rings is 1. The van der Waals surface area contributed by atoms with Crippen LogP contribution in [0.2, 0.25) is 5.02 Å². The van der Waals surface area contributed by atoms with Crippen molar-refractivity contribution in [2.75, 3.05) is 19.0 Å². The fraction of sp³-hybridized carbons (Fsp3) is 0.588. The lowest BCUT2D eigenvalue weighted by molar-refractivity contribution is -0.161. The van der Waals surface area contributed by atoms with E-state index in [1.54, 1.807) is 20.9 Å². The predicted octanol–water partition coefficient (Wildman–Crippen LogP) is 4.46. The van der Waals surface area contributed by atoms with Crippen molar-refractivity contribution in [3.05, 3.63) is 52.1 Å². The molecule has 1 aromatic carbocycles. The van der Waals surface area contributed by atoms with E-state index >= 15 is 0 Å². The molecule has 3 heterocycles. The van der Waals surface area contributed by atoms with Crippen LogP contribution >= 0.6 is 11.6 Å². The maximum Gasteiger partial charge on any atom is 0.409 e.